The van der Waals surface area contributed by atoms with Gasteiger partial charge in [0.15, 0.2) is 17.8 Å². The van der Waals surface area contributed by atoms with Crippen LogP contribution < -0.4 is 9.64 Å². The maximum absolute atomic E-state index is 13.4. The minimum Gasteiger partial charge on any atom is -0.497 e. The summed E-state index contributed by atoms with van der Waals surface area (Å²) in [7, 11) is 1.65. The van der Waals surface area contributed by atoms with Crippen LogP contribution in [0.25, 0.3) is 0 Å². The Balaban J connectivity index is 1.44. The van der Waals surface area contributed by atoms with Gasteiger partial charge in [0, 0.05) is 35.7 Å². The minimum absolute atomic E-state index is 0.0999. The lowest BCUT2D eigenvalue weighted by atomic mass is 9.74. The molecule has 0 saturated carbocycles. The molecule has 3 aromatic carbocycles. The second-order valence-electron chi connectivity index (χ2n) is 8.34. The number of nitrogens with zero attached hydrogens (tertiary/aromatic N) is 1. The molecule has 2 unspecified atom stereocenters. The average molecular weight is 423 g/mol. The molecule has 32 heavy (non-hydrogen) atoms. The summed E-state index contributed by atoms with van der Waals surface area (Å²) < 4.78 is 11.6. The van der Waals surface area contributed by atoms with Crippen molar-refractivity contribution in [1.82, 2.24) is 0 Å². The zero-order chi connectivity index (χ0) is 21.8. The number of para-hydroxylation sites is 1. The summed E-state index contributed by atoms with van der Waals surface area (Å²) in [6, 6.07) is 23.1. The highest BCUT2D eigenvalue weighted by Gasteiger charge is 2.47. The number of fused-ring (bicyclic) bond motifs is 6. The van der Waals surface area contributed by atoms with E-state index in [2.05, 4.69) is 17.0 Å². The van der Waals surface area contributed by atoms with Crippen LogP contribution in [0.1, 0.15) is 44.2 Å². The monoisotopic (exact) mass is 423 g/mol. The summed E-state index contributed by atoms with van der Waals surface area (Å²) in [5, 5.41) is 0. The van der Waals surface area contributed by atoms with Crippen LogP contribution in [-0.2, 0) is 11.3 Å². The van der Waals surface area contributed by atoms with Gasteiger partial charge in [0.25, 0.3) is 0 Å². The number of carbonyl (C=O) groups is 2. The molecule has 158 valence electrons. The van der Waals surface area contributed by atoms with Crippen LogP contribution >= 0.6 is 0 Å². The highest BCUT2D eigenvalue weighted by atomic mass is 16.5. The molecule has 2 bridgehead atoms. The van der Waals surface area contributed by atoms with Gasteiger partial charge in [-0.1, -0.05) is 54.6 Å². The summed E-state index contributed by atoms with van der Waals surface area (Å²) in [4.78, 5) is 28.9. The molecule has 0 spiro atoms. The Morgan fingerprint density at radius 3 is 2.34 bits per heavy atom. The number of anilines is 1. The van der Waals surface area contributed by atoms with Crippen molar-refractivity contribution in [1.29, 1.82) is 0 Å². The van der Waals surface area contributed by atoms with E-state index in [4.69, 9.17) is 9.47 Å². The van der Waals surface area contributed by atoms with Crippen LogP contribution in [0, 0.1) is 0 Å². The lowest BCUT2D eigenvalue weighted by molar-refractivity contribution is 0.0535. The van der Waals surface area contributed by atoms with E-state index in [9.17, 15) is 9.59 Å². The zero-order valence-electron chi connectivity index (χ0n) is 17.6. The number of Topliss-reactive ketones (excluding diaryl/α,β-unsaturated/α-hetero) is 2. The van der Waals surface area contributed by atoms with Crippen LogP contribution in [0.2, 0.25) is 0 Å². The SMILES string of the molecule is COc1ccc(CN2c3ccccc3C3CC2OC2=C3C(=O)c3ccccc3C2=O)cc1. The molecule has 3 aliphatic rings. The maximum atomic E-state index is 13.4. The fourth-order valence-corrected chi connectivity index (χ4v) is 5.10. The minimum atomic E-state index is -0.322. The molecule has 0 N–H and O–H groups in total. The van der Waals surface area contributed by atoms with Gasteiger partial charge in [-0.15, -0.1) is 0 Å². The smallest absolute Gasteiger partial charge is 0.228 e. The van der Waals surface area contributed by atoms with E-state index in [0.717, 1.165) is 22.6 Å². The van der Waals surface area contributed by atoms with E-state index in [1.807, 2.05) is 36.4 Å². The first-order chi connectivity index (χ1) is 15.7. The van der Waals surface area contributed by atoms with Gasteiger partial charge in [0.2, 0.25) is 5.78 Å². The average Bonchev–Trinajstić information content (AvgIpc) is 2.85. The molecule has 1 aliphatic carbocycles. The maximum Gasteiger partial charge on any atom is 0.228 e. The van der Waals surface area contributed by atoms with E-state index >= 15 is 0 Å². The Hall–Kier alpha value is -3.86. The van der Waals surface area contributed by atoms with Gasteiger partial charge in [-0.3, -0.25) is 9.59 Å². The number of benzene rings is 3. The fraction of sp³-hybridized carbons (Fsp3) is 0.185. The van der Waals surface area contributed by atoms with Crippen molar-refractivity contribution in [2.75, 3.05) is 12.0 Å². The van der Waals surface area contributed by atoms with E-state index in [1.54, 1.807) is 31.4 Å². The Morgan fingerprint density at radius 1 is 0.906 bits per heavy atom. The van der Waals surface area contributed by atoms with Crippen molar-refractivity contribution >= 4 is 17.3 Å². The lowest BCUT2D eigenvalue weighted by Gasteiger charge is -2.46. The van der Waals surface area contributed by atoms with Crippen molar-refractivity contribution in [2.45, 2.75) is 25.1 Å². The molecule has 0 radical (unpaired) electrons. The Labute approximate surface area is 185 Å². The van der Waals surface area contributed by atoms with Gasteiger partial charge < -0.3 is 14.4 Å². The molecule has 0 aromatic heterocycles. The number of rotatable bonds is 3. The van der Waals surface area contributed by atoms with Crippen molar-refractivity contribution in [3.05, 3.63) is 106 Å². The van der Waals surface area contributed by atoms with E-state index in [1.165, 1.54) is 0 Å². The largest absolute Gasteiger partial charge is 0.497 e. The molecule has 0 fully saturated rings. The predicted molar refractivity (Wildman–Crippen MR) is 120 cm³/mol. The molecule has 0 saturated heterocycles. The van der Waals surface area contributed by atoms with Gasteiger partial charge >= 0.3 is 0 Å². The number of ether oxygens (including phenoxy) is 2. The number of allylic oxidation sites excluding steroid dienone is 2. The van der Waals surface area contributed by atoms with Crippen molar-refractivity contribution in [3.8, 4) is 5.75 Å². The van der Waals surface area contributed by atoms with Crippen molar-refractivity contribution < 1.29 is 19.1 Å². The molecular weight excluding hydrogens is 402 g/mol. The molecule has 2 aliphatic heterocycles. The number of hydrogen-bond donors (Lipinski definition) is 0. The second kappa shape index (κ2) is 7.09. The zero-order valence-corrected chi connectivity index (χ0v) is 17.6. The molecular formula is C27H21NO4. The molecule has 0 amide bonds. The van der Waals surface area contributed by atoms with Gasteiger partial charge in [0.1, 0.15) is 5.75 Å². The number of hydrogen-bond acceptors (Lipinski definition) is 5. The van der Waals surface area contributed by atoms with E-state index in [-0.39, 0.29) is 29.5 Å². The summed E-state index contributed by atoms with van der Waals surface area (Å²) in [6.07, 6.45) is 0.311. The standard InChI is InChI=1S/C27H21NO4/c1-31-17-12-10-16(11-13-17)15-28-22-9-5-4-6-18(22)21-14-23(28)32-27-24(21)25(29)19-7-2-3-8-20(19)26(27)30/h2-13,21,23H,14-15H2,1H3. The normalized spacial score (nSPS) is 20.8. The third-order valence-electron chi connectivity index (χ3n) is 6.63. The molecule has 3 aromatic rings. The molecule has 2 atom stereocenters. The van der Waals surface area contributed by atoms with Crippen LogP contribution in [0.3, 0.4) is 0 Å². The second-order valence-corrected chi connectivity index (χ2v) is 8.34. The number of carbonyl (C=O) groups excluding carboxylic acids is 2. The Kier molecular flexibility index (Phi) is 4.18. The predicted octanol–water partition coefficient (Wildman–Crippen LogP) is 4.88. The lowest BCUT2D eigenvalue weighted by Crippen LogP contribution is -2.47. The first kappa shape index (κ1) is 18.9. The Morgan fingerprint density at radius 2 is 1.59 bits per heavy atom. The Bertz CT molecular complexity index is 1290. The quantitative estimate of drug-likeness (QED) is 0.601. The first-order valence-corrected chi connectivity index (χ1v) is 10.7. The van der Waals surface area contributed by atoms with Gasteiger partial charge in [-0.05, 0) is 29.3 Å². The van der Waals surface area contributed by atoms with Crippen LogP contribution in [0.4, 0.5) is 5.69 Å². The molecule has 6 rings (SSSR count). The van der Waals surface area contributed by atoms with Crippen molar-refractivity contribution in [3.63, 3.8) is 0 Å². The van der Waals surface area contributed by atoms with Crippen LogP contribution in [0.15, 0.2) is 84.1 Å². The fourth-order valence-electron chi connectivity index (χ4n) is 5.10. The van der Waals surface area contributed by atoms with Gasteiger partial charge in [-0.2, -0.15) is 0 Å². The van der Waals surface area contributed by atoms with Crippen molar-refractivity contribution in [2.24, 2.45) is 0 Å². The van der Waals surface area contributed by atoms with Crippen LogP contribution in [-0.4, -0.2) is 24.9 Å². The van der Waals surface area contributed by atoms with E-state index < -0.39 is 0 Å². The van der Waals surface area contributed by atoms with Gasteiger partial charge in [0.05, 0.1) is 12.7 Å². The topological polar surface area (TPSA) is 55.8 Å². The first-order valence-electron chi connectivity index (χ1n) is 10.7. The number of ketones is 2. The molecule has 5 heteroatoms. The summed E-state index contributed by atoms with van der Waals surface area (Å²) >= 11 is 0. The highest BCUT2D eigenvalue weighted by molar-refractivity contribution is 6.26. The molecule has 5 nitrogen and oxygen atoms in total. The summed E-state index contributed by atoms with van der Waals surface area (Å²) in [5.41, 5.74) is 4.60. The third kappa shape index (κ3) is 2.71. The molecule has 2 heterocycles. The highest BCUT2D eigenvalue weighted by Crippen LogP contribution is 2.50. The number of methoxy groups -OCH3 is 1. The summed E-state index contributed by atoms with van der Waals surface area (Å²) in [5.74, 6) is 0.563. The third-order valence-corrected chi connectivity index (χ3v) is 6.63. The van der Waals surface area contributed by atoms with Crippen LogP contribution in [0.5, 0.6) is 5.75 Å². The summed E-state index contributed by atoms with van der Waals surface area (Å²) in [6.45, 7) is 0.625. The van der Waals surface area contributed by atoms with Gasteiger partial charge in [-0.25, -0.2) is 0 Å². The van der Waals surface area contributed by atoms with E-state index in [0.29, 0.717) is 29.7 Å².